The van der Waals surface area contributed by atoms with Gasteiger partial charge in [-0.25, -0.2) is 0 Å². The summed E-state index contributed by atoms with van der Waals surface area (Å²) in [6.45, 7) is 9.00. The Labute approximate surface area is 223 Å². The summed E-state index contributed by atoms with van der Waals surface area (Å²) in [6.07, 6.45) is 3.44. The van der Waals surface area contributed by atoms with Gasteiger partial charge >= 0.3 is 0 Å². The Morgan fingerprint density at radius 2 is 1.75 bits per heavy atom. The van der Waals surface area contributed by atoms with E-state index in [0.717, 1.165) is 57.8 Å². The number of benzene rings is 2. The summed E-state index contributed by atoms with van der Waals surface area (Å²) in [7, 11) is 0. The fraction of sp³-hybridized carbons (Fsp3) is 0.433. The van der Waals surface area contributed by atoms with Crippen LogP contribution >= 0.6 is 23.1 Å². The lowest BCUT2D eigenvalue weighted by Crippen LogP contribution is -2.37. The first-order valence-corrected chi connectivity index (χ1v) is 14.8. The Bertz CT molecular complexity index is 1150. The van der Waals surface area contributed by atoms with E-state index in [0.29, 0.717) is 11.7 Å². The first-order valence-electron chi connectivity index (χ1n) is 13.1. The predicted molar refractivity (Wildman–Crippen MR) is 151 cm³/mol. The summed E-state index contributed by atoms with van der Waals surface area (Å²) in [5.41, 5.74) is 3.52. The average Bonchev–Trinajstić information content (AvgIpc) is 3.25. The minimum atomic E-state index is 0.0147. The van der Waals surface area contributed by atoms with Crippen molar-refractivity contribution >= 4 is 34.7 Å². The summed E-state index contributed by atoms with van der Waals surface area (Å²) in [4.78, 5) is 22.5. The third-order valence-electron chi connectivity index (χ3n) is 7.17. The highest BCUT2D eigenvalue weighted by atomic mass is 32.2. The van der Waals surface area contributed by atoms with E-state index in [1.807, 2.05) is 23.1 Å². The monoisotopic (exact) mass is 520 g/mol. The van der Waals surface area contributed by atoms with Crippen molar-refractivity contribution in [2.45, 2.75) is 55.7 Å². The highest BCUT2D eigenvalue weighted by Gasteiger charge is 2.35. The lowest BCUT2D eigenvalue weighted by Gasteiger charge is -2.32. The van der Waals surface area contributed by atoms with Crippen molar-refractivity contribution in [2.75, 3.05) is 37.7 Å². The van der Waals surface area contributed by atoms with E-state index in [4.69, 9.17) is 4.74 Å². The van der Waals surface area contributed by atoms with Crippen LogP contribution in [0.2, 0.25) is 0 Å². The second kappa shape index (κ2) is 12.0. The fourth-order valence-electron chi connectivity index (χ4n) is 5.17. The predicted octanol–water partition coefficient (Wildman–Crippen LogP) is 7.18. The van der Waals surface area contributed by atoms with E-state index < -0.39 is 0 Å². The highest BCUT2D eigenvalue weighted by molar-refractivity contribution is 7.99. The molecule has 0 saturated carbocycles. The van der Waals surface area contributed by atoms with Gasteiger partial charge in [-0.15, -0.1) is 23.1 Å². The molecule has 1 aromatic heterocycles. The molecule has 0 aliphatic carbocycles. The van der Waals surface area contributed by atoms with Gasteiger partial charge in [-0.3, -0.25) is 9.69 Å². The Morgan fingerprint density at radius 1 is 0.972 bits per heavy atom. The Morgan fingerprint density at radius 3 is 2.50 bits per heavy atom. The molecular weight excluding hydrogens is 484 g/mol. The molecule has 0 spiro atoms. The normalized spacial score (nSPS) is 20.7. The largest absolute Gasteiger partial charge is 0.379 e. The number of para-hydroxylation sites is 1. The third-order valence-corrected chi connectivity index (χ3v) is 9.76. The number of carbonyl (C=O) groups is 1. The molecule has 1 fully saturated rings. The van der Waals surface area contributed by atoms with Gasteiger partial charge in [-0.05, 0) is 69.5 Å². The van der Waals surface area contributed by atoms with Crippen LogP contribution in [0.1, 0.15) is 57.9 Å². The smallest absolute Gasteiger partial charge is 0.227 e. The molecule has 5 rings (SSSR count). The molecule has 2 atom stereocenters. The Hall–Kier alpha value is -2.12. The topological polar surface area (TPSA) is 32.8 Å². The fourth-order valence-corrected chi connectivity index (χ4v) is 7.56. The zero-order valence-corrected chi connectivity index (χ0v) is 23.0. The van der Waals surface area contributed by atoms with E-state index in [1.54, 1.807) is 0 Å². The average molecular weight is 521 g/mol. The first kappa shape index (κ1) is 25.5. The number of thioether (sulfide) groups is 1. The standard InChI is InChI=1S/C30H36N2O2S2/c1-22-10-13-24(14-11-22)26-21-29(28-15-12-23(2)35-28)36-27-8-4-3-7-25(27)32(26)30(33)9-5-6-16-31-17-19-34-20-18-31/h3-4,7-8,10-15,26,29H,5-6,9,16-21H2,1-2H3. The molecule has 1 amide bonds. The van der Waals surface area contributed by atoms with Gasteiger partial charge in [-0.1, -0.05) is 42.0 Å². The summed E-state index contributed by atoms with van der Waals surface area (Å²) < 4.78 is 5.47. The molecule has 0 bridgehead atoms. The van der Waals surface area contributed by atoms with Crippen LogP contribution in [0.15, 0.2) is 65.6 Å². The van der Waals surface area contributed by atoms with Crippen LogP contribution in [-0.2, 0) is 9.53 Å². The summed E-state index contributed by atoms with van der Waals surface area (Å²) in [6, 6.07) is 21.8. The van der Waals surface area contributed by atoms with Gasteiger partial charge in [0.25, 0.3) is 0 Å². The van der Waals surface area contributed by atoms with Crippen molar-refractivity contribution in [3.05, 3.63) is 81.5 Å². The molecule has 4 nitrogen and oxygen atoms in total. The first-order chi connectivity index (χ1) is 17.6. The Kier molecular flexibility index (Phi) is 8.47. The minimum absolute atomic E-state index is 0.0147. The van der Waals surface area contributed by atoms with Crippen LogP contribution in [0.25, 0.3) is 0 Å². The molecule has 3 heterocycles. The third kappa shape index (κ3) is 6.05. The lowest BCUT2D eigenvalue weighted by atomic mass is 9.97. The SMILES string of the molecule is Cc1ccc(C2CC(c3ccc(C)s3)Sc3ccccc3N2C(=O)CCCCN2CCOCC2)cc1. The van der Waals surface area contributed by atoms with Gasteiger partial charge in [-0.2, -0.15) is 0 Å². The number of hydrogen-bond acceptors (Lipinski definition) is 5. The maximum absolute atomic E-state index is 13.9. The second-order valence-corrected chi connectivity index (χ2v) is 12.4. The molecule has 36 heavy (non-hydrogen) atoms. The number of unbranched alkanes of at least 4 members (excludes halogenated alkanes) is 1. The van der Waals surface area contributed by atoms with Gasteiger partial charge in [0.1, 0.15) is 0 Å². The number of nitrogens with zero attached hydrogens (tertiary/aromatic N) is 2. The van der Waals surface area contributed by atoms with E-state index in [9.17, 15) is 4.79 Å². The van der Waals surface area contributed by atoms with Crippen molar-refractivity contribution < 1.29 is 9.53 Å². The highest BCUT2D eigenvalue weighted by Crippen LogP contribution is 2.52. The quantitative estimate of drug-likeness (QED) is 0.309. The number of rotatable bonds is 7. The van der Waals surface area contributed by atoms with E-state index in [1.165, 1.54) is 25.8 Å². The van der Waals surface area contributed by atoms with Gasteiger partial charge in [0, 0.05) is 39.4 Å². The number of morpholine rings is 1. The number of fused-ring (bicyclic) bond motifs is 1. The van der Waals surface area contributed by atoms with Crippen LogP contribution in [0.4, 0.5) is 5.69 Å². The maximum Gasteiger partial charge on any atom is 0.227 e. The zero-order chi connectivity index (χ0) is 24.9. The molecule has 190 valence electrons. The summed E-state index contributed by atoms with van der Waals surface area (Å²) in [5, 5.41) is 0.315. The van der Waals surface area contributed by atoms with Crippen molar-refractivity contribution in [2.24, 2.45) is 0 Å². The number of aryl methyl sites for hydroxylation is 2. The second-order valence-electron chi connectivity index (χ2n) is 9.86. The van der Waals surface area contributed by atoms with E-state index in [-0.39, 0.29) is 11.9 Å². The molecule has 0 N–H and O–H groups in total. The van der Waals surface area contributed by atoms with E-state index in [2.05, 4.69) is 84.3 Å². The summed E-state index contributed by atoms with van der Waals surface area (Å²) >= 11 is 3.79. The molecule has 0 radical (unpaired) electrons. The number of carbonyl (C=O) groups excluding carboxylic acids is 1. The minimum Gasteiger partial charge on any atom is -0.379 e. The van der Waals surface area contributed by atoms with Crippen molar-refractivity contribution in [3.8, 4) is 0 Å². The van der Waals surface area contributed by atoms with Crippen molar-refractivity contribution in [1.29, 1.82) is 0 Å². The number of ether oxygens (including phenoxy) is 1. The number of anilines is 1. The van der Waals surface area contributed by atoms with Gasteiger partial charge in [0.15, 0.2) is 0 Å². The lowest BCUT2D eigenvalue weighted by molar-refractivity contribution is -0.119. The maximum atomic E-state index is 13.9. The van der Waals surface area contributed by atoms with E-state index >= 15 is 0 Å². The molecule has 2 unspecified atom stereocenters. The van der Waals surface area contributed by atoms with Gasteiger partial charge in [0.05, 0.1) is 24.9 Å². The zero-order valence-electron chi connectivity index (χ0n) is 21.3. The van der Waals surface area contributed by atoms with Crippen LogP contribution < -0.4 is 4.90 Å². The van der Waals surface area contributed by atoms with Crippen LogP contribution in [0.3, 0.4) is 0 Å². The Balaban J connectivity index is 1.41. The molecule has 6 heteroatoms. The number of hydrogen-bond donors (Lipinski definition) is 0. The van der Waals surface area contributed by atoms with Crippen LogP contribution in [0.5, 0.6) is 0 Å². The molecular formula is C30H36N2O2S2. The van der Waals surface area contributed by atoms with Crippen LogP contribution in [0, 0.1) is 13.8 Å². The van der Waals surface area contributed by atoms with Gasteiger partial charge < -0.3 is 9.64 Å². The molecule has 3 aromatic rings. The molecule has 2 aromatic carbocycles. The van der Waals surface area contributed by atoms with Crippen molar-refractivity contribution in [3.63, 3.8) is 0 Å². The molecule has 2 aliphatic rings. The van der Waals surface area contributed by atoms with Crippen molar-refractivity contribution in [1.82, 2.24) is 4.90 Å². The number of thiophene rings is 1. The van der Waals surface area contributed by atoms with Gasteiger partial charge in [0.2, 0.25) is 5.91 Å². The summed E-state index contributed by atoms with van der Waals surface area (Å²) in [5.74, 6) is 0.235. The molecule has 2 aliphatic heterocycles. The number of amides is 1. The molecule has 1 saturated heterocycles. The van der Waals surface area contributed by atoms with Crippen LogP contribution in [-0.4, -0.2) is 43.7 Å².